The van der Waals surface area contributed by atoms with E-state index in [-0.39, 0.29) is 4.90 Å². The zero-order chi connectivity index (χ0) is 16.2. The Morgan fingerprint density at radius 2 is 1.73 bits per heavy atom. The SMILES string of the molecule is CN(C)/C=N\S(=O)(=O)c1ccccc1-c1ccc(CBr)cc1. The van der Waals surface area contributed by atoms with Crippen molar-refractivity contribution in [3.05, 3.63) is 54.1 Å². The lowest BCUT2D eigenvalue weighted by molar-refractivity contribution is 0.595. The molecule has 116 valence electrons. The van der Waals surface area contributed by atoms with Crippen molar-refractivity contribution in [1.82, 2.24) is 4.90 Å². The van der Waals surface area contributed by atoms with E-state index in [1.807, 2.05) is 30.3 Å². The van der Waals surface area contributed by atoms with Gasteiger partial charge < -0.3 is 4.90 Å². The van der Waals surface area contributed by atoms with Gasteiger partial charge in [0.15, 0.2) is 0 Å². The van der Waals surface area contributed by atoms with Gasteiger partial charge in [0.25, 0.3) is 10.0 Å². The van der Waals surface area contributed by atoms with Crippen molar-refractivity contribution < 1.29 is 8.42 Å². The molecule has 2 aromatic rings. The molecule has 2 rings (SSSR count). The predicted octanol–water partition coefficient (Wildman–Crippen LogP) is 3.53. The number of rotatable bonds is 5. The van der Waals surface area contributed by atoms with Crippen molar-refractivity contribution in [1.29, 1.82) is 0 Å². The van der Waals surface area contributed by atoms with Crippen LogP contribution in [0.1, 0.15) is 5.56 Å². The second-order valence-corrected chi connectivity index (χ2v) is 7.15. The standard InChI is InChI=1S/C16H17BrN2O2S/c1-19(2)12-18-22(20,21)16-6-4-3-5-15(16)14-9-7-13(11-17)8-10-14/h3-10,12H,11H2,1-2H3/b18-12-. The average molecular weight is 381 g/mol. The van der Waals surface area contributed by atoms with Crippen LogP contribution in [0, 0.1) is 0 Å². The minimum absolute atomic E-state index is 0.208. The van der Waals surface area contributed by atoms with Crippen LogP contribution in [0.25, 0.3) is 11.1 Å². The van der Waals surface area contributed by atoms with Crippen LogP contribution >= 0.6 is 15.9 Å². The normalized spacial score (nSPS) is 11.8. The molecule has 0 amide bonds. The Labute approximate surface area is 139 Å². The number of hydrogen-bond acceptors (Lipinski definition) is 2. The molecular weight excluding hydrogens is 364 g/mol. The third-order valence-corrected chi connectivity index (χ3v) is 4.93. The molecule has 22 heavy (non-hydrogen) atoms. The van der Waals surface area contributed by atoms with Crippen molar-refractivity contribution in [3.8, 4) is 11.1 Å². The first kappa shape index (κ1) is 16.7. The van der Waals surface area contributed by atoms with E-state index in [0.29, 0.717) is 5.56 Å². The fraction of sp³-hybridized carbons (Fsp3) is 0.188. The largest absolute Gasteiger partial charge is 0.368 e. The summed E-state index contributed by atoms with van der Waals surface area (Å²) in [4.78, 5) is 1.80. The van der Waals surface area contributed by atoms with Crippen LogP contribution in [-0.2, 0) is 15.4 Å². The maximum absolute atomic E-state index is 12.4. The number of halogens is 1. The maximum Gasteiger partial charge on any atom is 0.284 e. The molecule has 0 N–H and O–H groups in total. The topological polar surface area (TPSA) is 49.7 Å². The Hall–Kier alpha value is -1.66. The predicted molar refractivity (Wildman–Crippen MR) is 93.9 cm³/mol. The van der Waals surface area contributed by atoms with Crippen LogP contribution in [0.3, 0.4) is 0 Å². The summed E-state index contributed by atoms with van der Waals surface area (Å²) in [7, 11) is -0.279. The average Bonchev–Trinajstić information content (AvgIpc) is 2.53. The second kappa shape index (κ2) is 7.07. The van der Waals surface area contributed by atoms with Gasteiger partial charge in [-0.25, -0.2) is 0 Å². The van der Waals surface area contributed by atoms with Crippen molar-refractivity contribution in [3.63, 3.8) is 0 Å². The number of benzene rings is 2. The number of nitrogens with zero attached hydrogens (tertiary/aromatic N) is 2. The summed E-state index contributed by atoms with van der Waals surface area (Å²) in [6.45, 7) is 0. The van der Waals surface area contributed by atoms with Gasteiger partial charge in [0.05, 0.1) is 4.90 Å². The molecule has 6 heteroatoms. The van der Waals surface area contributed by atoms with Gasteiger partial charge in [-0.1, -0.05) is 58.4 Å². The summed E-state index contributed by atoms with van der Waals surface area (Å²) < 4.78 is 28.6. The molecule has 0 spiro atoms. The Morgan fingerprint density at radius 1 is 1.09 bits per heavy atom. The van der Waals surface area contributed by atoms with Gasteiger partial charge in [-0.2, -0.15) is 8.42 Å². The molecule has 0 unspecified atom stereocenters. The smallest absolute Gasteiger partial charge is 0.284 e. The highest BCUT2D eigenvalue weighted by molar-refractivity contribution is 9.08. The molecule has 0 bridgehead atoms. The van der Waals surface area contributed by atoms with Crippen LogP contribution in [-0.4, -0.2) is 33.8 Å². The van der Waals surface area contributed by atoms with Crippen molar-refractivity contribution >= 4 is 32.3 Å². The minimum Gasteiger partial charge on any atom is -0.368 e. The maximum atomic E-state index is 12.4. The highest BCUT2D eigenvalue weighted by atomic mass is 79.9. The van der Waals surface area contributed by atoms with Gasteiger partial charge >= 0.3 is 0 Å². The lowest BCUT2D eigenvalue weighted by Gasteiger charge is -2.09. The Morgan fingerprint density at radius 3 is 2.32 bits per heavy atom. The molecule has 0 fully saturated rings. The Balaban J connectivity index is 2.50. The van der Waals surface area contributed by atoms with Gasteiger partial charge in [0.1, 0.15) is 6.34 Å². The van der Waals surface area contributed by atoms with Gasteiger partial charge in [0, 0.05) is 25.0 Å². The molecular formula is C16H17BrN2O2S. The number of hydrogen-bond donors (Lipinski definition) is 0. The van der Waals surface area contributed by atoms with E-state index < -0.39 is 10.0 Å². The van der Waals surface area contributed by atoms with Crippen LogP contribution < -0.4 is 0 Å². The molecule has 2 aromatic carbocycles. The summed E-state index contributed by atoms with van der Waals surface area (Å²) in [5.74, 6) is 0. The first-order valence-electron chi connectivity index (χ1n) is 6.65. The van der Waals surface area contributed by atoms with E-state index in [0.717, 1.165) is 16.5 Å². The molecule has 0 aliphatic carbocycles. The molecule has 0 heterocycles. The number of sulfonamides is 1. The van der Waals surface area contributed by atoms with Crippen LogP contribution in [0.2, 0.25) is 0 Å². The first-order chi connectivity index (χ1) is 10.4. The Kier molecular flexibility index (Phi) is 5.37. The molecule has 0 aromatic heterocycles. The summed E-state index contributed by atoms with van der Waals surface area (Å²) in [6.07, 6.45) is 1.29. The van der Waals surface area contributed by atoms with E-state index >= 15 is 0 Å². The molecule has 0 radical (unpaired) electrons. The summed E-state index contributed by atoms with van der Waals surface area (Å²) >= 11 is 3.40. The molecule has 0 aliphatic heterocycles. The fourth-order valence-corrected chi connectivity index (χ4v) is 3.43. The lowest BCUT2D eigenvalue weighted by atomic mass is 10.0. The van der Waals surface area contributed by atoms with Crippen LogP contribution in [0.15, 0.2) is 57.8 Å². The van der Waals surface area contributed by atoms with Crippen molar-refractivity contribution in [2.24, 2.45) is 4.40 Å². The summed E-state index contributed by atoms with van der Waals surface area (Å²) in [5, 5.41) is 0.764. The monoisotopic (exact) mass is 380 g/mol. The van der Waals surface area contributed by atoms with Crippen molar-refractivity contribution in [2.75, 3.05) is 14.1 Å². The molecule has 0 aliphatic rings. The van der Waals surface area contributed by atoms with E-state index in [1.165, 1.54) is 6.34 Å². The van der Waals surface area contributed by atoms with E-state index in [4.69, 9.17) is 0 Å². The van der Waals surface area contributed by atoms with E-state index in [1.54, 1.807) is 37.2 Å². The zero-order valence-electron chi connectivity index (χ0n) is 12.4. The molecule has 0 saturated heterocycles. The minimum atomic E-state index is -3.73. The zero-order valence-corrected chi connectivity index (χ0v) is 14.8. The summed E-state index contributed by atoms with van der Waals surface area (Å²) in [5.41, 5.74) is 2.64. The molecule has 0 atom stereocenters. The first-order valence-corrected chi connectivity index (χ1v) is 9.21. The van der Waals surface area contributed by atoms with Gasteiger partial charge in [-0.15, -0.1) is 4.40 Å². The van der Waals surface area contributed by atoms with Gasteiger partial charge in [0.2, 0.25) is 0 Å². The van der Waals surface area contributed by atoms with Crippen molar-refractivity contribution in [2.45, 2.75) is 10.2 Å². The molecule has 0 saturated carbocycles. The molecule has 4 nitrogen and oxygen atoms in total. The highest BCUT2D eigenvalue weighted by Gasteiger charge is 2.17. The van der Waals surface area contributed by atoms with Gasteiger partial charge in [-0.3, -0.25) is 0 Å². The van der Waals surface area contributed by atoms with Crippen LogP contribution in [0.4, 0.5) is 0 Å². The Bertz CT molecular complexity index is 769. The van der Waals surface area contributed by atoms with Crippen LogP contribution in [0.5, 0.6) is 0 Å². The van der Waals surface area contributed by atoms with E-state index in [9.17, 15) is 8.42 Å². The van der Waals surface area contributed by atoms with E-state index in [2.05, 4.69) is 20.3 Å². The quantitative estimate of drug-likeness (QED) is 0.452. The third kappa shape index (κ3) is 3.96. The highest BCUT2D eigenvalue weighted by Crippen LogP contribution is 2.28. The second-order valence-electron chi connectivity index (χ2n) is 4.99. The summed E-state index contributed by atoms with van der Waals surface area (Å²) in [6, 6.07) is 14.7. The number of alkyl halides is 1. The van der Waals surface area contributed by atoms with Gasteiger partial charge in [-0.05, 0) is 17.2 Å². The third-order valence-electron chi connectivity index (χ3n) is 3.00. The lowest BCUT2D eigenvalue weighted by Crippen LogP contribution is -2.10. The fourth-order valence-electron chi connectivity index (χ4n) is 1.92.